The highest BCUT2D eigenvalue weighted by Gasteiger charge is 2.32. The number of rotatable bonds is 6. The van der Waals surface area contributed by atoms with Crippen molar-refractivity contribution in [3.05, 3.63) is 0 Å². The lowest BCUT2D eigenvalue weighted by molar-refractivity contribution is 0.144. The molecule has 0 aromatic carbocycles. The molecule has 0 aliphatic heterocycles. The summed E-state index contributed by atoms with van der Waals surface area (Å²) in [4.78, 5) is 0. The van der Waals surface area contributed by atoms with E-state index in [4.69, 9.17) is 0 Å². The lowest BCUT2D eigenvalue weighted by Gasteiger charge is -2.40. The van der Waals surface area contributed by atoms with E-state index in [-0.39, 0.29) is 0 Å². The van der Waals surface area contributed by atoms with Gasteiger partial charge < -0.3 is 5.32 Å². The Kier molecular flexibility index (Phi) is 5.54. The van der Waals surface area contributed by atoms with E-state index in [1.807, 2.05) is 0 Å². The van der Waals surface area contributed by atoms with E-state index < -0.39 is 0 Å². The molecule has 2 saturated carbocycles. The van der Waals surface area contributed by atoms with Crippen molar-refractivity contribution in [2.45, 2.75) is 78.2 Å². The molecule has 2 rings (SSSR count). The minimum Gasteiger partial charge on any atom is -0.314 e. The van der Waals surface area contributed by atoms with Gasteiger partial charge in [0.05, 0.1) is 0 Å². The van der Waals surface area contributed by atoms with Gasteiger partial charge in [-0.25, -0.2) is 0 Å². The molecule has 1 nitrogen and oxygen atoms in total. The van der Waals surface area contributed by atoms with Gasteiger partial charge in [0.1, 0.15) is 0 Å². The van der Waals surface area contributed by atoms with E-state index in [0.29, 0.717) is 0 Å². The molecule has 0 spiro atoms. The van der Waals surface area contributed by atoms with Crippen molar-refractivity contribution in [3.8, 4) is 0 Å². The van der Waals surface area contributed by atoms with Gasteiger partial charge in [0.2, 0.25) is 0 Å². The first-order valence-electron chi connectivity index (χ1n) is 8.42. The van der Waals surface area contributed by atoms with E-state index >= 15 is 0 Å². The molecular formula is C17H33N. The van der Waals surface area contributed by atoms with Crippen LogP contribution in [0.1, 0.15) is 72.1 Å². The Labute approximate surface area is 114 Å². The number of hydrogen-bond acceptors (Lipinski definition) is 1. The van der Waals surface area contributed by atoms with Crippen molar-refractivity contribution >= 4 is 0 Å². The standard InChI is InChI=1S/C17H33N/c1-4-8-18-17(12-15-6-5-7-15)16-10-13(2)9-14(3)11-16/h13-18H,4-12H2,1-3H3. The minimum absolute atomic E-state index is 0.820. The fourth-order valence-electron chi connectivity index (χ4n) is 4.20. The van der Waals surface area contributed by atoms with Gasteiger partial charge in [-0.1, -0.05) is 40.0 Å². The van der Waals surface area contributed by atoms with E-state index in [9.17, 15) is 0 Å². The molecular weight excluding hydrogens is 218 g/mol. The largest absolute Gasteiger partial charge is 0.314 e. The summed E-state index contributed by atoms with van der Waals surface area (Å²) in [5.74, 6) is 3.90. The summed E-state index contributed by atoms with van der Waals surface area (Å²) in [6.45, 7) is 8.43. The van der Waals surface area contributed by atoms with Crippen LogP contribution >= 0.6 is 0 Å². The first-order valence-corrected chi connectivity index (χ1v) is 8.42. The highest BCUT2D eigenvalue weighted by molar-refractivity contribution is 4.87. The van der Waals surface area contributed by atoms with Crippen LogP contribution in [0.3, 0.4) is 0 Å². The van der Waals surface area contributed by atoms with E-state index in [2.05, 4.69) is 26.1 Å². The molecule has 0 amide bonds. The molecule has 2 fully saturated rings. The van der Waals surface area contributed by atoms with E-state index in [0.717, 1.165) is 29.7 Å². The summed E-state index contributed by atoms with van der Waals surface area (Å²) in [5.41, 5.74) is 0. The zero-order chi connectivity index (χ0) is 13.0. The predicted molar refractivity (Wildman–Crippen MR) is 79.7 cm³/mol. The molecule has 1 heteroatoms. The van der Waals surface area contributed by atoms with Gasteiger partial charge in [0.25, 0.3) is 0 Å². The quantitative estimate of drug-likeness (QED) is 0.726. The Hall–Kier alpha value is -0.0400. The fourth-order valence-corrected chi connectivity index (χ4v) is 4.20. The molecule has 2 aliphatic rings. The average molecular weight is 251 g/mol. The molecule has 18 heavy (non-hydrogen) atoms. The Morgan fingerprint density at radius 3 is 2.22 bits per heavy atom. The summed E-state index contributed by atoms with van der Waals surface area (Å²) in [5, 5.41) is 3.88. The van der Waals surface area contributed by atoms with Crippen LogP contribution in [0.15, 0.2) is 0 Å². The van der Waals surface area contributed by atoms with Crippen LogP contribution in [-0.4, -0.2) is 12.6 Å². The minimum atomic E-state index is 0.820. The van der Waals surface area contributed by atoms with E-state index in [1.165, 1.54) is 57.9 Å². The van der Waals surface area contributed by atoms with Gasteiger partial charge in [-0.15, -0.1) is 0 Å². The van der Waals surface area contributed by atoms with Gasteiger partial charge in [-0.3, -0.25) is 0 Å². The van der Waals surface area contributed by atoms with Crippen LogP contribution in [0.25, 0.3) is 0 Å². The molecule has 0 aromatic heterocycles. The van der Waals surface area contributed by atoms with Crippen molar-refractivity contribution in [1.29, 1.82) is 0 Å². The molecule has 0 aromatic rings. The normalized spacial score (nSPS) is 35.2. The summed E-state index contributed by atoms with van der Waals surface area (Å²) >= 11 is 0. The Morgan fingerprint density at radius 1 is 1.06 bits per heavy atom. The van der Waals surface area contributed by atoms with Gasteiger partial charge >= 0.3 is 0 Å². The highest BCUT2D eigenvalue weighted by atomic mass is 14.9. The van der Waals surface area contributed by atoms with Crippen molar-refractivity contribution < 1.29 is 0 Å². The van der Waals surface area contributed by atoms with E-state index in [1.54, 1.807) is 0 Å². The lowest BCUT2D eigenvalue weighted by Crippen LogP contribution is -2.42. The molecule has 2 aliphatic carbocycles. The second-order valence-electron chi connectivity index (χ2n) is 7.27. The van der Waals surface area contributed by atoms with Crippen LogP contribution in [0.4, 0.5) is 0 Å². The van der Waals surface area contributed by atoms with Gasteiger partial charge in [0.15, 0.2) is 0 Å². The van der Waals surface area contributed by atoms with Crippen molar-refractivity contribution in [3.63, 3.8) is 0 Å². The molecule has 0 bridgehead atoms. The highest BCUT2D eigenvalue weighted by Crippen LogP contribution is 2.39. The molecule has 0 radical (unpaired) electrons. The zero-order valence-corrected chi connectivity index (χ0v) is 12.8. The van der Waals surface area contributed by atoms with Crippen molar-refractivity contribution in [2.24, 2.45) is 23.7 Å². The lowest BCUT2D eigenvalue weighted by atomic mass is 9.70. The first kappa shape index (κ1) is 14.4. The topological polar surface area (TPSA) is 12.0 Å². The maximum atomic E-state index is 3.88. The maximum Gasteiger partial charge on any atom is 0.00981 e. The van der Waals surface area contributed by atoms with Gasteiger partial charge in [0, 0.05) is 6.04 Å². The predicted octanol–water partition coefficient (Wildman–Crippen LogP) is 4.62. The Balaban J connectivity index is 1.88. The molecule has 0 heterocycles. The summed E-state index contributed by atoms with van der Waals surface area (Å²) in [6.07, 6.45) is 11.6. The van der Waals surface area contributed by atoms with Crippen LogP contribution < -0.4 is 5.32 Å². The first-order chi connectivity index (χ1) is 8.69. The van der Waals surface area contributed by atoms with Crippen LogP contribution in [0, 0.1) is 23.7 Å². The second-order valence-corrected chi connectivity index (χ2v) is 7.27. The molecule has 1 N–H and O–H groups in total. The van der Waals surface area contributed by atoms with Crippen LogP contribution in [0.2, 0.25) is 0 Å². The third kappa shape index (κ3) is 3.98. The SMILES string of the molecule is CCCNC(CC1CCC1)C1CC(C)CC(C)C1. The number of nitrogens with one attached hydrogen (secondary N) is 1. The molecule has 3 unspecified atom stereocenters. The third-order valence-corrected chi connectivity index (χ3v) is 5.25. The third-order valence-electron chi connectivity index (χ3n) is 5.25. The van der Waals surface area contributed by atoms with Crippen molar-refractivity contribution in [2.75, 3.05) is 6.54 Å². The maximum absolute atomic E-state index is 3.88. The average Bonchev–Trinajstić information content (AvgIpc) is 2.25. The van der Waals surface area contributed by atoms with Crippen LogP contribution in [-0.2, 0) is 0 Å². The summed E-state index contributed by atoms with van der Waals surface area (Å²) in [7, 11) is 0. The molecule has 106 valence electrons. The molecule has 3 atom stereocenters. The Morgan fingerprint density at radius 2 is 1.72 bits per heavy atom. The molecule has 0 saturated heterocycles. The van der Waals surface area contributed by atoms with Gasteiger partial charge in [-0.05, 0) is 62.3 Å². The van der Waals surface area contributed by atoms with Crippen molar-refractivity contribution in [1.82, 2.24) is 5.32 Å². The Bertz CT molecular complexity index is 224. The monoisotopic (exact) mass is 251 g/mol. The zero-order valence-electron chi connectivity index (χ0n) is 12.8. The van der Waals surface area contributed by atoms with Crippen LogP contribution in [0.5, 0.6) is 0 Å². The summed E-state index contributed by atoms with van der Waals surface area (Å²) < 4.78 is 0. The number of hydrogen-bond donors (Lipinski definition) is 1. The fraction of sp³-hybridized carbons (Fsp3) is 1.00. The summed E-state index contributed by atoms with van der Waals surface area (Å²) in [6, 6.07) is 0.820. The smallest absolute Gasteiger partial charge is 0.00981 e. The second kappa shape index (κ2) is 6.93. The van der Waals surface area contributed by atoms with Gasteiger partial charge in [-0.2, -0.15) is 0 Å².